The maximum Gasteiger partial charge on any atom is 0.314 e. The molecule has 50 heavy (non-hydrogen) atoms. The van der Waals surface area contributed by atoms with Crippen molar-refractivity contribution in [2.75, 3.05) is 13.2 Å². The molecule has 0 radical (unpaired) electrons. The number of carbonyl (C=O) groups is 2. The summed E-state index contributed by atoms with van der Waals surface area (Å²) in [5.41, 5.74) is 3.41. The van der Waals surface area contributed by atoms with E-state index >= 15 is 0 Å². The molecule has 8 heteroatoms. The Bertz CT molecular complexity index is 1480. The zero-order valence-corrected chi connectivity index (χ0v) is 29.0. The van der Waals surface area contributed by atoms with Crippen LogP contribution in [-0.2, 0) is 19.1 Å². The van der Waals surface area contributed by atoms with Crippen molar-refractivity contribution in [2.24, 2.45) is 0 Å². The number of esters is 2. The monoisotopic (exact) mass is 682 g/mol. The lowest BCUT2D eigenvalue weighted by Crippen LogP contribution is -2.23. The Balaban J connectivity index is 1.21. The third-order valence-electron chi connectivity index (χ3n) is 9.37. The normalized spacial score (nSPS) is 13.6. The molecule has 4 rings (SSSR count). The van der Waals surface area contributed by atoms with Gasteiger partial charge in [-0.15, -0.1) is 0 Å². The first-order valence-corrected chi connectivity index (χ1v) is 17.7. The van der Waals surface area contributed by atoms with Gasteiger partial charge in [-0.3, -0.25) is 9.59 Å². The highest BCUT2D eigenvalue weighted by atomic mass is 16.5. The van der Waals surface area contributed by atoms with Crippen LogP contribution in [0.1, 0.15) is 111 Å². The number of ether oxygens (including phenoxy) is 2. The van der Waals surface area contributed by atoms with Crippen LogP contribution in [0, 0.1) is 0 Å². The van der Waals surface area contributed by atoms with Gasteiger partial charge in [0.2, 0.25) is 0 Å². The molecule has 4 aromatic carbocycles. The number of carbonyl (C=O) groups excluding carboxylic acids is 2. The van der Waals surface area contributed by atoms with Crippen LogP contribution in [0.25, 0.3) is 0 Å². The highest BCUT2D eigenvalue weighted by Crippen LogP contribution is 2.39. The van der Waals surface area contributed by atoms with Gasteiger partial charge in [0.05, 0.1) is 25.0 Å². The molecule has 0 amide bonds. The number of unbranched alkanes of at least 4 members (excludes halogenated alkanes) is 5. The van der Waals surface area contributed by atoms with E-state index in [-0.39, 0.29) is 46.8 Å². The largest absolute Gasteiger partial charge is 0.508 e. The van der Waals surface area contributed by atoms with Gasteiger partial charge in [-0.1, -0.05) is 88.1 Å². The molecule has 0 aliphatic rings. The number of hydrogen-bond donors (Lipinski definition) is 4. The summed E-state index contributed by atoms with van der Waals surface area (Å²) in [6.45, 7) is 4.67. The van der Waals surface area contributed by atoms with Crippen LogP contribution < -0.4 is 0 Å². The van der Waals surface area contributed by atoms with Gasteiger partial charge in [-0.25, -0.2) is 0 Å². The van der Waals surface area contributed by atoms with E-state index in [9.17, 15) is 30.0 Å². The summed E-state index contributed by atoms with van der Waals surface area (Å²) in [7, 11) is 0. The van der Waals surface area contributed by atoms with Crippen LogP contribution in [0.5, 0.6) is 23.0 Å². The van der Waals surface area contributed by atoms with Crippen molar-refractivity contribution in [1.29, 1.82) is 0 Å². The molecule has 0 aliphatic heterocycles. The summed E-state index contributed by atoms with van der Waals surface area (Å²) in [6.07, 6.45) is 6.59. The molecule has 0 spiro atoms. The maximum absolute atomic E-state index is 13.4. The number of phenols is 4. The van der Waals surface area contributed by atoms with Gasteiger partial charge >= 0.3 is 11.9 Å². The molecule has 0 aromatic heterocycles. The Kier molecular flexibility index (Phi) is 14.6. The first-order valence-electron chi connectivity index (χ1n) is 17.7. The second-order valence-corrected chi connectivity index (χ2v) is 12.8. The lowest BCUT2D eigenvalue weighted by Gasteiger charge is -2.26. The SMILES string of the molecule is CC[C@H](c1ccc(O)cc1)[C@@H](C(=O)OCCCCCCCCOC(=O)[C@@H](c1ccc(O)cc1)[C@H](CC)c1ccc(O)cc1)c1ccc(O)cc1. The molecule has 8 nitrogen and oxygen atoms in total. The number of aromatic hydroxyl groups is 4. The summed E-state index contributed by atoms with van der Waals surface area (Å²) in [5.74, 6) is -1.42. The second kappa shape index (κ2) is 19.3. The molecule has 0 fully saturated rings. The van der Waals surface area contributed by atoms with Crippen molar-refractivity contribution >= 4 is 11.9 Å². The van der Waals surface area contributed by atoms with Gasteiger partial charge in [0.25, 0.3) is 0 Å². The minimum Gasteiger partial charge on any atom is -0.508 e. The van der Waals surface area contributed by atoms with Crippen LogP contribution in [0.2, 0.25) is 0 Å². The molecular formula is C42H50O8. The lowest BCUT2D eigenvalue weighted by molar-refractivity contribution is -0.147. The van der Waals surface area contributed by atoms with E-state index in [1.807, 2.05) is 38.1 Å². The standard InChI is InChI=1S/C42H50O8/c1-3-37(29-11-19-33(43)20-12-29)39(31-15-23-35(45)24-16-31)41(47)49-27-9-7-5-6-8-10-28-50-42(48)40(32-17-25-36(46)26-18-32)38(4-2)30-13-21-34(44)22-14-30/h11-26,37-40,43-46H,3-10,27-28H2,1-2H3/t37-,38-,39+,40+/m1/s1. The van der Waals surface area contributed by atoms with Crippen LogP contribution in [-0.4, -0.2) is 45.6 Å². The van der Waals surface area contributed by atoms with E-state index in [0.717, 1.165) is 60.8 Å². The number of benzene rings is 4. The summed E-state index contributed by atoms with van der Waals surface area (Å²) >= 11 is 0. The average molecular weight is 683 g/mol. The molecule has 0 saturated heterocycles. The Morgan fingerprint density at radius 1 is 0.440 bits per heavy atom. The first-order chi connectivity index (χ1) is 24.2. The predicted octanol–water partition coefficient (Wildman–Crippen LogP) is 9.19. The lowest BCUT2D eigenvalue weighted by atomic mass is 9.79. The second-order valence-electron chi connectivity index (χ2n) is 12.8. The number of phenolic OH excluding ortho intramolecular Hbond substituents is 4. The van der Waals surface area contributed by atoms with E-state index in [2.05, 4.69) is 0 Å². The maximum atomic E-state index is 13.4. The predicted molar refractivity (Wildman–Crippen MR) is 194 cm³/mol. The fraction of sp³-hybridized carbons (Fsp3) is 0.381. The third-order valence-corrected chi connectivity index (χ3v) is 9.37. The summed E-state index contributed by atoms with van der Waals surface area (Å²) in [6, 6.07) is 27.2. The van der Waals surface area contributed by atoms with Crippen LogP contribution in [0.15, 0.2) is 97.1 Å². The number of rotatable bonds is 19. The fourth-order valence-corrected chi connectivity index (χ4v) is 6.64. The van der Waals surface area contributed by atoms with E-state index in [1.165, 1.54) is 0 Å². The van der Waals surface area contributed by atoms with Gasteiger partial charge < -0.3 is 29.9 Å². The molecule has 4 atom stereocenters. The van der Waals surface area contributed by atoms with E-state index in [1.54, 1.807) is 72.8 Å². The van der Waals surface area contributed by atoms with Crippen molar-refractivity contribution in [3.05, 3.63) is 119 Å². The van der Waals surface area contributed by atoms with Gasteiger partial charge in [0.15, 0.2) is 0 Å². The van der Waals surface area contributed by atoms with Crippen LogP contribution in [0.3, 0.4) is 0 Å². The van der Waals surface area contributed by atoms with E-state index in [4.69, 9.17) is 9.47 Å². The van der Waals surface area contributed by atoms with Crippen molar-refractivity contribution in [2.45, 2.75) is 88.9 Å². The molecule has 4 N–H and O–H groups in total. The Hall–Kier alpha value is -4.98. The van der Waals surface area contributed by atoms with E-state index in [0.29, 0.717) is 26.1 Å². The smallest absolute Gasteiger partial charge is 0.314 e. The van der Waals surface area contributed by atoms with E-state index < -0.39 is 11.8 Å². The minimum atomic E-state index is -0.546. The van der Waals surface area contributed by atoms with Crippen LogP contribution >= 0.6 is 0 Å². The fourth-order valence-electron chi connectivity index (χ4n) is 6.64. The molecule has 266 valence electrons. The quantitative estimate of drug-likeness (QED) is 0.0568. The summed E-state index contributed by atoms with van der Waals surface area (Å²) in [5, 5.41) is 39.1. The minimum absolute atomic E-state index is 0.130. The molecule has 0 unspecified atom stereocenters. The Morgan fingerprint density at radius 3 is 0.980 bits per heavy atom. The zero-order chi connectivity index (χ0) is 35.9. The molecule has 4 aromatic rings. The van der Waals surface area contributed by atoms with Crippen molar-refractivity contribution < 1.29 is 39.5 Å². The van der Waals surface area contributed by atoms with Crippen molar-refractivity contribution in [1.82, 2.24) is 0 Å². The summed E-state index contributed by atoms with van der Waals surface area (Å²) < 4.78 is 11.6. The molecular weight excluding hydrogens is 632 g/mol. The zero-order valence-electron chi connectivity index (χ0n) is 29.0. The first kappa shape index (κ1) is 37.8. The Labute approximate surface area is 295 Å². The molecule has 0 bridgehead atoms. The van der Waals surface area contributed by atoms with Gasteiger partial charge in [0, 0.05) is 11.8 Å². The van der Waals surface area contributed by atoms with Crippen molar-refractivity contribution in [3.8, 4) is 23.0 Å². The van der Waals surface area contributed by atoms with Crippen molar-refractivity contribution in [3.63, 3.8) is 0 Å². The topological polar surface area (TPSA) is 134 Å². The highest BCUT2D eigenvalue weighted by molar-refractivity contribution is 5.80. The Morgan fingerprint density at radius 2 is 0.700 bits per heavy atom. The van der Waals surface area contributed by atoms with Gasteiger partial charge in [0.1, 0.15) is 23.0 Å². The molecule has 0 heterocycles. The van der Waals surface area contributed by atoms with Crippen LogP contribution in [0.4, 0.5) is 0 Å². The highest BCUT2D eigenvalue weighted by Gasteiger charge is 2.33. The van der Waals surface area contributed by atoms with Gasteiger partial charge in [-0.2, -0.15) is 0 Å². The number of hydrogen-bond acceptors (Lipinski definition) is 8. The van der Waals surface area contributed by atoms with Gasteiger partial charge in [-0.05, 0) is 96.5 Å². The average Bonchev–Trinajstić information content (AvgIpc) is 3.12. The molecule has 0 saturated carbocycles. The summed E-state index contributed by atoms with van der Waals surface area (Å²) in [4.78, 5) is 26.9. The molecule has 0 aliphatic carbocycles. The third kappa shape index (κ3) is 10.8.